The Kier molecular flexibility index (Phi) is 3.85. The number of carbonyl (C=O) groups is 1. The van der Waals surface area contributed by atoms with E-state index in [1.807, 2.05) is 6.07 Å². The third-order valence-electron chi connectivity index (χ3n) is 1.86. The van der Waals surface area contributed by atoms with Gasteiger partial charge in [-0.3, -0.25) is 0 Å². The largest absolute Gasteiger partial charge is 0.475 e. The number of H-pyrrole nitrogens is 1. The third-order valence-corrected chi connectivity index (χ3v) is 1.86. The lowest BCUT2D eigenvalue weighted by Crippen LogP contribution is -2.02. The summed E-state index contributed by atoms with van der Waals surface area (Å²) in [7, 11) is 0. The van der Waals surface area contributed by atoms with Gasteiger partial charge in [-0.25, -0.2) is 4.79 Å². The molecule has 3 rings (SSSR count). The Balaban J connectivity index is 0.000000224. The Morgan fingerprint density at radius 1 is 1.26 bits per heavy atom. The number of aromatic carboxylic acids is 1. The molecule has 0 amide bonds. The fourth-order valence-electron chi connectivity index (χ4n) is 1.10. The van der Waals surface area contributed by atoms with Gasteiger partial charge in [-0.1, -0.05) is 23.4 Å². The lowest BCUT2D eigenvalue weighted by atomic mass is 10.3. The van der Waals surface area contributed by atoms with E-state index in [1.54, 1.807) is 24.3 Å². The molecule has 0 bridgehead atoms. The fourth-order valence-corrected chi connectivity index (χ4v) is 1.10. The SMILES string of the molecule is O=C(O)c1nnn(-c2ccccc2)n1.c1nn[nH]n1. The summed E-state index contributed by atoms with van der Waals surface area (Å²) in [5, 5.41) is 31.4. The van der Waals surface area contributed by atoms with Crippen LogP contribution in [0.1, 0.15) is 10.6 Å². The first-order valence-corrected chi connectivity index (χ1v) is 5.02. The molecule has 0 aliphatic heterocycles. The van der Waals surface area contributed by atoms with Gasteiger partial charge in [0.2, 0.25) is 0 Å². The first kappa shape index (κ1) is 12.3. The maximum Gasteiger partial charge on any atom is 0.377 e. The van der Waals surface area contributed by atoms with Crippen molar-refractivity contribution in [1.82, 2.24) is 40.8 Å². The number of benzene rings is 1. The Morgan fingerprint density at radius 3 is 2.53 bits per heavy atom. The quantitative estimate of drug-likeness (QED) is 0.632. The van der Waals surface area contributed by atoms with E-state index in [1.165, 1.54) is 11.1 Å². The second-order valence-electron chi connectivity index (χ2n) is 3.10. The van der Waals surface area contributed by atoms with Gasteiger partial charge in [0.15, 0.2) is 6.33 Å². The summed E-state index contributed by atoms with van der Waals surface area (Å²) in [4.78, 5) is 11.6. The van der Waals surface area contributed by atoms with Crippen molar-refractivity contribution in [2.24, 2.45) is 0 Å². The van der Waals surface area contributed by atoms with Gasteiger partial charge in [0.1, 0.15) is 0 Å². The van der Waals surface area contributed by atoms with Crippen LogP contribution in [-0.4, -0.2) is 51.9 Å². The zero-order valence-corrected chi connectivity index (χ0v) is 9.45. The number of aromatic nitrogens is 8. The van der Waals surface area contributed by atoms with Crippen molar-refractivity contribution < 1.29 is 9.90 Å². The van der Waals surface area contributed by atoms with Crippen molar-refractivity contribution in [2.75, 3.05) is 0 Å². The number of hydrogen-bond acceptors (Lipinski definition) is 7. The molecule has 0 fully saturated rings. The normalized spacial score (nSPS) is 9.47. The average molecular weight is 260 g/mol. The number of tetrazole rings is 2. The molecule has 19 heavy (non-hydrogen) atoms. The highest BCUT2D eigenvalue weighted by atomic mass is 16.4. The summed E-state index contributed by atoms with van der Waals surface area (Å²) in [6.45, 7) is 0. The summed E-state index contributed by atoms with van der Waals surface area (Å²) in [5.74, 6) is -1.50. The summed E-state index contributed by atoms with van der Waals surface area (Å²) < 4.78 is 0. The van der Waals surface area contributed by atoms with Crippen LogP contribution in [0.4, 0.5) is 0 Å². The van der Waals surface area contributed by atoms with E-state index < -0.39 is 5.97 Å². The molecule has 2 heterocycles. The highest BCUT2D eigenvalue weighted by Gasteiger charge is 2.10. The molecule has 0 saturated carbocycles. The van der Waals surface area contributed by atoms with Gasteiger partial charge >= 0.3 is 5.97 Å². The van der Waals surface area contributed by atoms with Gasteiger partial charge in [-0.2, -0.15) is 5.21 Å². The molecule has 2 N–H and O–H groups in total. The van der Waals surface area contributed by atoms with Crippen molar-refractivity contribution in [2.45, 2.75) is 0 Å². The Morgan fingerprint density at radius 2 is 2.05 bits per heavy atom. The molecule has 96 valence electrons. The van der Waals surface area contributed by atoms with Crippen LogP contribution in [0.2, 0.25) is 0 Å². The fraction of sp³-hybridized carbons (Fsp3) is 0. The molecule has 10 nitrogen and oxygen atoms in total. The number of nitrogens with one attached hydrogen (secondary N) is 1. The molecule has 0 unspecified atom stereocenters. The Bertz CT molecular complexity index is 604. The molecule has 0 radical (unpaired) electrons. The highest BCUT2D eigenvalue weighted by molar-refractivity contribution is 5.82. The first-order valence-electron chi connectivity index (χ1n) is 5.02. The van der Waals surface area contributed by atoms with Crippen molar-refractivity contribution >= 4 is 5.97 Å². The smallest absolute Gasteiger partial charge is 0.377 e. The monoisotopic (exact) mass is 260 g/mol. The number of nitrogens with zero attached hydrogens (tertiary/aromatic N) is 7. The number of hydrogen-bond donors (Lipinski definition) is 2. The molecule has 10 heteroatoms. The zero-order chi connectivity index (χ0) is 13.5. The number of rotatable bonds is 2. The summed E-state index contributed by atoms with van der Waals surface area (Å²) in [6.07, 6.45) is 1.33. The predicted octanol–water partition coefficient (Wildman–Crippen LogP) is -0.440. The second kappa shape index (κ2) is 5.95. The molecule has 0 saturated heterocycles. The molecule has 0 atom stereocenters. The molecule has 2 aromatic heterocycles. The third kappa shape index (κ3) is 3.39. The molecule has 1 aromatic carbocycles. The topological polar surface area (TPSA) is 135 Å². The van der Waals surface area contributed by atoms with Gasteiger partial charge in [-0.05, 0) is 17.3 Å². The molecule has 3 aromatic rings. The molecule has 0 spiro atoms. The van der Waals surface area contributed by atoms with Gasteiger partial charge in [-0.15, -0.1) is 25.2 Å². The summed E-state index contributed by atoms with van der Waals surface area (Å²) >= 11 is 0. The van der Waals surface area contributed by atoms with Crippen molar-refractivity contribution in [3.8, 4) is 5.69 Å². The maximum atomic E-state index is 10.5. The maximum absolute atomic E-state index is 10.5. The minimum absolute atomic E-state index is 0.311. The minimum Gasteiger partial charge on any atom is -0.475 e. The highest BCUT2D eigenvalue weighted by Crippen LogP contribution is 2.02. The molecular weight excluding hydrogens is 252 g/mol. The average Bonchev–Trinajstić information content (AvgIpc) is 3.14. The van der Waals surface area contributed by atoms with Gasteiger partial charge in [0.05, 0.1) is 5.69 Å². The first-order chi connectivity index (χ1) is 9.27. The van der Waals surface area contributed by atoms with Crippen LogP contribution in [0, 0.1) is 0 Å². The van der Waals surface area contributed by atoms with E-state index in [-0.39, 0.29) is 5.82 Å². The Hall–Kier alpha value is -3.17. The predicted molar refractivity (Wildman–Crippen MR) is 60.3 cm³/mol. The van der Waals surface area contributed by atoms with Gasteiger partial charge in [0.25, 0.3) is 5.82 Å². The lowest BCUT2D eigenvalue weighted by Gasteiger charge is -1.94. The number of carboxylic acid groups (broad SMARTS) is 1. The minimum atomic E-state index is -1.19. The lowest BCUT2D eigenvalue weighted by molar-refractivity contribution is 0.0683. The summed E-state index contributed by atoms with van der Waals surface area (Å²) in [5.41, 5.74) is 0.674. The summed E-state index contributed by atoms with van der Waals surface area (Å²) in [6, 6.07) is 8.97. The van der Waals surface area contributed by atoms with Crippen LogP contribution in [0.25, 0.3) is 5.69 Å². The van der Waals surface area contributed by atoms with E-state index >= 15 is 0 Å². The van der Waals surface area contributed by atoms with Crippen molar-refractivity contribution in [1.29, 1.82) is 0 Å². The van der Waals surface area contributed by atoms with Crippen LogP contribution in [0.3, 0.4) is 0 Å². The number of para-hydroxylation sites is 1. The van der Waals surface area contributed by atoms with E-state index in [9.17, 15) is 4.79 Å². The van der Waals surface area contributed by atoms with Crippen molar-refractivity contribution in [3.63, 3.8) is 0 Å². The van der Waals surface area contributed by atoms with Crippen LogP contribution in [0.15, 0.2) is 36.7 Å². The number of carboxylic acids is 1. The van der Waals surface area contributed by atoms with Gasteiger partial charge in [0, 0.05) is 0 Å². The van der Waals surface area contributed by atoms with E-state index in [2.05, 4.69) is 36.0 Å². The van der Waals surface area contributed by atoms with Gasteiger partial charge < -0.3 is 5.11 Å². The Labute approximate surface area is 106 Å². The molecule has 0 aliphatic carbocycles. The van der Waals surface area contributed by atoms with E-state index in [4.69, 9.17) is 5.11 Å². The second-order valence-corrected chi connectivity index (χ2v) is 3.10. The van der Waals surface area contributed by atoms with E-state index in [0.29, 0.717) is 5.69 Å². The molecular formula is C9H8N8O2. The molecule has 0 aliphatic rings. The zero-order valence-electron chi connectivity index (χ0n) is 9.45. The standard InChI is InChI=1S/C8H6N4O2.CH2N4/c13-8(14)7-9-11-12(10-7)6-4-2-1-3-5-6;1-2-4-5-3-1/h1-5H,(H,13,14);1H,(H,2,3,4,5). The van der Waals surface area contributed by atoms with Crippen molar-refractivity contribution in [3.05, 3.63) is 42.5 Å². The van der Waals surface area contributed by atoms with Crippen LogP contribution in [0.5, 0.6) is 0 Å². The number of aromatic amines is 1. The van der Waals surface area contributed by atoms with Crippen LogP contribution < -0.4 is 0 Å². The van der Waals surface area contributed by atoms with Crippen LogP contribution in [-0.2, 0) is 0 Å². The van der Waals surface area contributed by atoms with Crippen LogP contribution >= 0.6 is 0 Å². The van der Waals surface area contributed by atoms with E-state index in [0.717, 1.165) is 0 Å².